The molecule has 0 saturated carbocycles. The van der Waals surface area contributed by atoms with Gasteiger partial charge in [0, 0.05) is 17.1 Å². The Labute approximate surface area is 194 Å². The number of nitrogens with zero attached hydrogens (tertiary/aromatic N) is 3. The van der Waals surface area contributed by atoms with Crippen LogP contribution in [0.4, 0.5) is 5.69 Å². The first-order chi connectivity index (χ1) is 16.7. The third-order valence-electron chi connectivity index (χ3n) is 5.89. The minimum atomic E-state index is -0.264. The molecule has 0 saturated heterocycles. The highest BCUT2D eigenvalue weighted by atomic mass is 16.7. The van der Waals surface area contributed by atoms with E-state index in [4.69, 9.17) is 9.47 Å². The van der Waals surface area contributed by atoms with Gasteiger partial charge in [0.1, 0.15) is 17.6 Å². The number of fused-ring (bicyclic) bond motifs is 4. The van der Waals surface area contributed by atoms with Gasteiger partial charge in [0.2, 0.25) is 12.7 Å². The molecule has 5 aromatic rings. The molecule has 0 radical (unpaired) electrons. The number of amides is 1. The normalized spacial score (nSPS) is 12.4. The predicted octanol–water partition coefficient (Wildman–Crippen LogP) is 3.77. The summed E-state index contributed by atoms with van der Waals surface area (Å²) in [6.45, 7) is 0.522. The molecular weight excluding hydrogens is 432 g/mol. The second-order valence-corrected chi connectivity index (χ2v) is 8.08. The molecule has 0 unspecified atom stereocenters. The molecule has 0 aliphatic carbocycles. The molecule has 1 N–H and O–H groups in total. The van der Waals surface area contributed by atoms with Gasteiger partial charge in [-0.2, -0.15) is 0 Å². The van der Waals surface area contributed by atoms with E-state index in [1.165, 1.54) is 0 Å². The Kier molecular flexibility index (Phi) is 4.76. The van der Waals surface area contributed by atoms with Crippen LogP contribution in [-0.4, -0.2) is 26.8 Å². The zero-order valence-electron chi connectivity index (χ0n) is 18.1. The number of hydrogen-bond acceptors (Lipinski definition) is 5. The maximum atomic E-state index is 13.5. The number of aromatic nitrogens is 3. The average Bonchev–Trinajstić information content (AvgIpc) is 3.44. The third-order valence-corrected chi connectivity index (χ3v) is 5.89. The van der Waals surface area contributed by atoms with Crippen LogP contribution in [0.2, 0.25) is 0 Å². The van der Waals surface area contributed by atoms with Crippen LogP contribution in [0, 0.1) is 0 Å². The number of rotatable bonds is 5. The van der Waals surface area contributed by atoms with Gasteiger partial charge in [-0.05, 0) is 23.8 Å². The molecule has 3 aromatic carbocycles. The van der Waals surface area contributed by atoms with E-state index in [-0.39, 0.29) is 24.8 Å². The van der Waals surface area contributed by atoms with Crippen molar-refractivity contribution in [3.8, 4) is 11.5 Å². The van der Waals surface area contributed by atoms with Crippen molar-refractivity contribution in [2.24, 2.45) is 0 Å². The number of anilines is 1. The van der Waals surface area contributed by atoms with Gasteiger partial charge in [-0.15, -0.1) is 0 Å². The summed E-state index contributed by atoms with van der Waals surface area (Å²) in [6.07, 6.45) is 1.57. The molecule has 2 aromatic heterocycles. The largest absolute Gasteiger partial charge is 0.454 e. The quantitative estimate of drug-likeness (QED) is 0.439. The van der Waals surface area contributed by atoms with Crippen LogP contribution in [0.3, 0.4) is 0 Å². The first-order valence-corrected chi connectivity index (χ1v) is 10.9. The molecule has 34 heavy (non-hydrogen) atoms. The standard InChI is InChI=1S/C26H20N4O4/c31-23(28-18-10-11-21-22(12-18)34-16-33-21)14-30-20-9-5-4-8-19(20)24-25(30)26(32)29(15-27-24)13-17-6-2-1-3-7-17/h1-12,15H,13-14,16H2,(H,28,31). The van der Waals surface area contributed by atoms with Gasteiger partial charge < -0.3 is 19.4 Å². The van der Waals surface area contributed by atoms with Gasteiger partial charge in [0.25, 0.3) is 5.56 Å². The molecule has 8 heteroatoms. The first kappa shape index (κ1) is 20.0. The van der Waals surface area contributed by atoms with E-state index in [1.54, 1.807) is 33.7 Å². The second kappa shape index (κ2) is 8.08. The number of carbonyl (C=O) groups excluding carboxylic acids is 1. The molecule has 6 rings (SSSR count). The highest BCUT2D eigenvalue weighted by Gasteiger charge is 2.19. The third kappa shape index (κ3) is 3.45. The SMILES string of the molecule is O=C(Cn1c2ccccc2c2ncn(Cc3ccccc3)c(=O)c21)Nc1ccc2c(c1)OCO2. The van der Waals surface area contributed by atoms with Crippen LogP contribution in [-0.2, 0) is 17.9 Å². The second-order valence-electron chi connectivity index (χ2n) is 8.08. The van der Waals surface area contributed by atoms with Gasteiger partial charge in [-0.3, -0.25) is 14.2 Å². The Hall–Kier alpha value is -4.59. The number of carbonyl (C=O) groups is 1. The summed E-state index contributed by atoms with van der Waals surface area (Å²) in [5, 5.41) is 3.72. The van der Waals surface area contributed by atoms with Crippen molar-refractivity contribution >= 4 is 33.5 Å². The molecule has 168 valence electrons. The fourth-order valence-electron chi connectivity index (χ4n) is 4.32. The lowest BCUT2D eigenvalue weighted by Crippen LogP contribution is -2.25. The minimum absolute atomic E-state index is 0.0370. The fourth-order valence-corrected chi connectivity index (χ4v) is 4.32. The van der Waals surface area contributed by atoms with Crippen LogP contribution in [0.1, 0.15) is 5.56 Å². The summed E-state index contributed by atoms with van der Waals surface area (Å²) in [7, 11) is 0. The lowest BCUT2D eigenvalue weighted by molar-refractivity contribution is -0.116. The number of para-hydroxylation sites is 1. The summed E-state index contributed by atoms with van der Waals surface area (Å²) in [5.74, 6) is 0.965. The van der Waals surface area contributed by atoms with Crippen LogP contribution in [0.25, 0.3) is 21.9 Å². The maximum Gasteiger partial charge on any atom is 0.278 e. The van der Waals surface area contributed by atoms with Gasteiger partial charge in [-0.25, -0.2) is 4.98 Å². The number of ether oxygens (including phenoxy) is 2. The van der Waals surface area contributed by atoms with Crippen LogP contribution < -0.4 is 20.3 Å². The number of hydrogen-bond donors (Lipinski definition) is 1. The number of benzene rings is 3. The van der Waals surface area contributed by atoms with Crippen LogP contribution in [0.5, 0.6) is 11.5 Å². The summed E-state index contributed by atoms with van der Waals surface area (Å²) >= 11 is 0. The average molecular weight is 452 g/mol. The summed E-state index contributed by atoms with van der Waals surface area (Å²) < 4.78 is 14.0. The van der Waals surface area contributed by atoms with E-state index in [9.17, 15) is 9.59 Å². The first-order valence-electron chi connectivity index (χ1n) is 10.9. The molecule has 0 spiro atoms. The topological polar surface area (TPSA) is 87.4 Å². The Bertz CT molecular complexity index is 1600. The Morgan fingerprint density at radius 1 is 0.971 bits per heavy atom. The van der Waals surface area contributed by atoms with Gasteiger partial charge in [0.15, 0.2) is 11.5 Å². The molecule has 0 atom stereocenters. The van der Waals surface area contributed by atoms with E-state index in [1.807, 2.05) is 54.6 Å². The van der Waals surface area contributed by atoms with Crippen molar-refractivity contribution in [3.05, 3.63) is 95.0 Å². The van der Waals surface area contributed by atoms with Crippen molar-refractivity contribution in [1.29, 1.82) is 0 Å². The van der Waals surface area contributed by atoms with Gasteiger partial charge >= 0.3 is 0 Å². The van der Waals surface area contributed by atoms with Crippen molar-refractivity contribution in [1.82, 2.24) is 14.1 Å². The lowest BCUT2D eigenvalue weighted by Gasteiger charge is -2.10. The lowest BCUT2D eigenvalue weighted by atomic mass is 10.2. The predicted molar refractivity (Wildman–Crippen MR) is 128 cm³/mol. The highest BCUT2D eigenvalue weighted by Crippen LogP contribution is 2.34. The molecule has 3 heterocycles. The van der Waals surface area contributed by atoms with E-state index in [0.717, 1.165) is 16.5 Å². The van der Waals surface area contributed by atoms with Gasteiger partial charge in [-0.1, -0.05) is 48.5 Å². The molecule has 0 bridgehead atoms. The minimum Gasteiger partial charge on any atom is -0.454 e. The summed E-state index contributed by atoms with van der Waals surface area (Å²) in [6, 6.07) is 22.6. The molecule has 8 nitrogen and oxygen atoms in total. The van der Waals surface area contributed by atoms with Crippen LogP contribution >= 0.6 is 0 Å². The summed E-state index contributed by atoms with van der Waals surface area (Å²) in [4.78, 5) is 31.1. The van der Waals surface area contributed by atoms with Crippen molar-refractivity contribution < 1.29 is 14.3 Å². The Balaban J connectivity index is 1.39. The zero-order chi connectivity index (χ0) is 23.1. The Morgan fingerprint density at radius 2 is 1.76 bits per heavy atom. The highest BCUT2D eigenvalue weighted by molar-refractivity contribution is 6.06. The van der Waals surface area contributed by atoms with Crippen LogP contribution in [0.15, 0.2) is 83.9 Å². The van der Waals surface area contributed by atoms with E-state index in [2.05, 4.69) is 10.3 Å². The van der Waals surface area contributed by atoms with E-state index >= 15 is 0 Å². The van der Waals surface area contributed by atoms with E-state index < -0.39 is 0 Å². The molecule has 1 aliphatic rings. The Morgan fingerprint density at radius 3 is 2.65 bits per heavy atom. The number of nitrogens with one attached hydrogen (secondary N) is 1. The molecule has 0 fully saturated rings. The van der Waals surface area contributed by atoms with Gasteiger partial charge in [0.05, 0.1) is 18.4 Å². The molecular formula is C26H20N4O4. The van der Waals surface area contributed by atoms with Crippen molar-refractivity contribution in [3.63, 3.8) is 0 Å². The van der Waals surface area contributed by atoms with E-state index in [0.29, 0.717) is 34.8 Å². The molecule has 1 aliphatic heterocycles. The summed E-state index contributed by atoms with van der Waals surface area (Å²) in [5.41, 5.74) is 3.16. The molecule has 1 amide bonds. The van der Waals surface area contributed by atoms with Crippen molar-refractivity contribution in [2.45, 2.75) is 13.1 Å². The maximum absolute atomic E-state index is 13.5. The fraction of sp³-hybridized carbons (Fsp3) is 0.115. The monoisotopic (exact) mass is 452 g/mol. The van der Waals surface area contributed by atoms with Crippen molar-refractivity contribution in [2.75, 3.05) is 12.1 Å². The smallest absolute Gasteiger partial charge is 0.278 e. The zero-order valence-corrected chi connectivity index (χ0v) is 18.1.